The second kappa shape index (κ2) is 11.3. The first-order chi connectivity index (χ1) is 19.4. The SMILES string of the molecule is C=C(F)C(=O)N1CCN(c2ncc3ncnc(Nc4ccc(Oc5ccc(NC)c(N=N)c5)c(C)c4)c3n2)CC1. The Morgan fingerprint density at radius 2 is 1.93 bits per heavy atom. The van der Waals surface area contributed by atoms with Crippen LogP contribution in [0.2, 0.25) is 0 Å². The zero-order valence-corrected chi connectivity index (χ0v) is 22.0. The maximum absolute atomic E-state index is 13.2. The third kappa shape index (κ3) is 5.48. The Kier molecular flexibility index (Phi) is 7.44. The van der Waals surface area contributed by atoms with E-state index in [0.717, 1.165) is 16.9 Å². The predicted molar refractivity (Wildman–Crippen MR) is 150 cm³/mol. The molecule has 0 bridgehead atoms. The number of rotatable bonds is 8. The first-order valence-corrected chi connectivity index (χ1v) is 12.5. The summed E-state index contributed by atoms with van der Waals surface area (Å²) in [5.41, 5.74) is 11.4. The van der Waals surface area contributed by atoms with Crippen molar-refractivity contribution in [3.63, 3.8) is 0 Å². The molecule has 204 valence electrons. The van der Waals surface area contributed by atoms with Gasteiger partial charge in [-0.15, -0.1) is 0 Å². The maximum atomic E-state index is 13.2. The molecule has 1 fully saturated rings. The summed E-state index contributed by atoms with van der Waals surface area (Å²) >= 11 is 0. The fraction of sp³-hybridized carbons (Fsp3) is 0.222. The molecule has 40 heavy (non-hydrogen) atoms. The molecular formula is C27H27FN10O2. The Hall–Kier alpha value is -5.20. The van der Waals surface area contributed by atoms with Crippen LogP contribution in [0.15, 0.2) is 66.4 Å². The van der Waals surface area contributed by atoms with Crippen LogP contribution in [0.3, 0.4) is 0 Å². The van der Waals surface area contributed by atoms with E-state index in [1.165, 1.54) is 11.2 Å². The van der Waals surface area contributed by atoms with Gasteiger partial charge in [0.1, 0.15) is 34.5 Å². The second-order valence-corrected chi connectivity index (χ2v) is 9.06. The average molecular weight is 543 g/mol. The molecule has 2 aromatic heterocycles. The number of carbonyl (C=O) groups excluding carboxylic acids is 1. The fourth-order valence-corrected chi connectivity index (χ4v) is 4.35. The van der Waals surface area contributed by atoms with Crippen LogP contribution < -0.4 is 20.3 Å². The molecule has 1 saturated heterocycles. The summed E-state index contributed by atoms with van der Waals surface area (Å²) in [7, 11) is 1.77. The number of piperazine rings is 1. The van der Waals surface area contributed by atoms with Gasteiger partial charge in [0, 0.05) is 45.0 Å². The van der Waals surface area contributed by atoms with Gasteiger partial charge in [0.15, 0.2) is 11.6 Å². The molecule has 0 saturated carbocycles. The largest absolute Gasteiger partial charge is 0.457 e. The number of hydrogen-bond donors (Lipinski definition) is 3. The third-order valence-electron chi connectivity index (χ3n) is 6.47. The quantitative estimate of drug-likeness (QED) is 0.204. The molecule has 1 aliphatic rings. The van der Waals surface area contributed by atoms with Crippen LogP contribution in [-0.4, -0.2) is 64.0 Å². The van der Waals surface area contributed by atoms with Gasteiger partial charge in [0.05, 0.1) is 11.9 Å². The van der Waals surface area contributed by atoms with Crippen LogP contribution in [0.4, 0.5) is 33.2 Å². The molecule has 12 nitrogen and oxygen atoms in total. The van der Waals surface area contributed by atoms with Gasteiger partial charge in [-0.25, -0.2) is 29.9 Å². The van der Waals surface area contributed by atoms with Gasteiger partial charge in [-0.1, -0.05) is 6.58 Å². The number of hydrogen-bond acceptors (Lipinski definition) is 11. The first kappa shape index (κ1) is 26.4. The lowest BCUT2D eigenvalue weighted by Gasteiger charge is -2.34. The zero-order valence-electron chi connectivity index (χ0n) is 22.0. The Morgan fingerprint density at radius 3 is 2.62 bits per heavy atom. The van der Waals surface area contributed by atoms with Crippen molar-refractivity contribution in [1.29, 1.82) is 5.53 Å². The second-order valence-electron chi connectivity index (χ2n) is 9.06. The summed E-state index contributed by atoms with van der Waals surface area (Å²) in [5, 5.41) is 9.85. The van der Waals surface area contributed by atoms with E-state index < -0.39 is 11.7 Å². The third-order valence-corrected chi connectivity index (χ3v) is 6.47. The van der Waals surface area contributed by atoms with Crippen LogP contribution in [0, 0.1) is 12.5 Å². The molecule has 2 aromatic carbocycles. The first-order valence-electron chi connectivity index (χ1n) is 12.5. The topological polar surface area (TPSA) is 145 Å². The monoisotopic (exact) mass is 542 g/mol. The van der Waals surface area contributed by atoms with Crippen molar-refractivity contribution in [2.45, 2.75) is 6.92 Å². The van der Waals surface area contributed by atoms with Crippen molar-refractivity contribution in [2.24, 2.45) is 5.11 Å². The lowest BCUT2D eigenvalue weighted by Crippen LogP contribution is -2.49. The van der Waals surface area contributed by atoms with Crippen LogP contribution in [0.5, 0.6) is 11.5 Å². The van der Waals surface area contributed by atoms with E-state index in [9.17, 15) is 9.18 Å². The van der Waals surface area contributed by atoms with Crippen molar-refractivity contribution in [2.75, 3.05) is 48.8 Å². The van der Waals surface area contributed by atoms with Gasteiger partial charge < -0.3 is 25.2 Å². The lowest BCUT2D eigenvalue weighted by molar-refractivity contribution is -0.128. The number of amides is 1. The summed E-state index contributed by atoms with van der Waals surface area (Å²) in [6, 6.07) is 11.0. The molecule has 0 radical (unpaired) electrons. The van der Waals surface area contributed by atoms with Crippen LogP contribution >= 0.6 is 0 Å². The number of nitrogens with zero attached hydrogens (tertiary/aromatic N) is 7. The van der Waals surface area contributed by atoms with E-state index in [1.807, 2.05) is 42.2 Å². The molecule has 0 spiro atoms. The van der Waals surface area contributed by atoms with E-state index in [4.69, 9.17) is 15.3 Å². The number of nitrogens with one attached hydrogen (secondary N) is 3. The Labute approximate surface area is 229 Å². The van der Waals surface area contributed by atoms with Crippen LogP contribution in [0.25, 0.3) is 11.0 Å². The van der Waals surface area contributed by atoms with Gasteiger partial charge in [0.25, 0.3) is 5.91 Å². The molecule has 0 aliphatic carbocycles. The summed E-state index contributed by atoms with van der Waals surface area (Å²) in [6.45, 7) is 6.61. The van der Waals surface area contributed by atoms with Gasteiger partial charge >= 0.3 is 0 Å². The van der Waals surface area contributed by atoms with E-state index in [1.54, 1.807) is 19.3 Å². The van der Waals surface area contributed by atoms with Gasteiger partial charge in [0.2, 0.25) is 5.95 Å². The van der Waals surface area contributed by atoms with Gasteiger partial charge in [-0.05, 0) is 42.8 Å². The number of ether oxygens (including phenoxy) is 1. The average Bonchev–Trinajstić information content (AvgIpc) is 2.98. The number of anilines is 4. The van der Waals surface area contributed by atoms with Crippen LogP contribution in [0.1, 0.15) is 5.56 Å². The Balaban J connectivity index is 1.33. The molecule has 3 heterocycles. The summed E-state index contributed by atoms with van der Waals surface area (Å²) in [6.07, 6.45) is 3.07. The highest BCUT2D eigenvalue weighted by atomic mass is 19.1. The molecule has 0 unspecified atom stereocenters. The normalized spacial score (nSPS) is 13.2. The number of carbonyl (C=O) groups is 1. The number of aromatic nitrogens is 4. The van der Waals surface area contributed by atoms with E-state index in [-0.39, 0.29) is 0 Å². The molecule has 1 amide bonds. The fourth-order valence-electron chi connectivity index (χ4n) is 4.35. The number of fused-ring (bicyclic) bond motifs is 1. The molecule has 13 heteroatoms. The molecule has 5 rings (SSSR count). The summed E-state index contributed by atoms with van der Waals surface area (Å²) < 4.78 is 19.3. The van der Waals surface area contributed by atoms with Crippen LogP contribution in [-0.2, 0) is 4.79 Å². The molecule has 3 N–H and O–H groups in total. The summed E-state index contributed by atoms with van der Waals surface area (Å²) in [5.74, 6) is 0.554. The Bertz CT molecular complexity index is 1600. The molecular weight excluding hydrogens is 515 g/mol. The highest BCUT2D eigenvalue weighted by molar-refractivity contribution is 5.91. The smallest absolute Gasteiger partial charge is 0.282 e. The highest BCUT2D eigenvalue weighted by Crippen LogP contribution is 2.34. The number of halogens is 1. The van der Waals surface area contributed by atoms with E-state index in [2.05, 4.69) is 37.3 Å². The molecule has 0 atom stereocenters. The Morgan fingerprint density at radius 1 is 1.12 bits per heavy atom. The van der Waals surface area contributed by atoms with Crippen molar-refractivity contribution in [3.8, 4) is 11.5 Å². The highest BCUT2D eigenvalue weighted by Gasteiger charge is 2.24. The number of aryl methyl sites for hydroxylation is 1. The van der Waals surface area contributed by atoms with E-state index >= 15 is 0 Å². The minimum Gasteiger partial charge on any atom is -0.457 e. The van der Waals surface area contributed by atoms with Crippen molar-refractivity contribution >= 4 is 45.8 Å². The lowest BCUT2D eigenvalue weighted by atomic mass is 10.2. The molecule has 1 aliphatic heterocycles. The maximum Gasteiger partial charge on any atom is 0.282 e. The minimum atomic E-state index is -0.962. The predicted octanol–water partition coefficient (Wildman–Crippen LogP) is 5.10. The van der Waals surface area contributed by atoms with Crippen molar-refractivity contribution < 1.29 is 13.9 Å². The summed E-state index contributed by atoms with van der Waals surface area (Å²) in [4.78, 5) is 33.1. The van der Waals surface area contributed by atoms with Crippen molar-refractivity contribution in [1.82, 2.24) is 24.8 Å². The standard InChI is InChI=1S/C27H27FN10O2/c1-16-12-18(4-7-23(16)40-19-5-6-20(30-3)21(13-19)36-29)34-25-24-22(32-15-33-25)14-31-27(35-24)38-10-8-37(9-11-38)26(39)17(2)28/h4-7,12-15,29-30H,2,8-11H2,1,3H3,(H,32,33,34). The molecule has 4 aromatic rings. The van der Waals surface area contributed by atoms with Crippen molar-refractivity contribution in [3.05, 3.63) is 66.9 Å². The van der Waals surface area contributed by atoms with E-state index in [0.29, 0.717) is 66.2 Å². The number of benzene rings is 2. The zero-order chi connectivity index (χ0) is 28.2. The van der Waals surface area contributed by atoms with Gasteiger partial charge in [-0.2, -0.15) is 5.11 Å². The van der Waals surface area contributed by atoms with Gasteiger partial charge in [-0.3, -0.25) is 4.79 Å². The minimum absolute atomic E-state index is 0.339.